The number of halogens is 1. The molecule has 0 radical (unpaired) electrons. The van der Waals surface area contributed by atoms with E-state index in [0.717, 1.165) is 0 Å². The summed E-state index contributed by atoms with van der Waals surface area (Å²) >= 11 is 0. The van der Waals surface area contributed by atoms with Crippen molar-refractivity contribution in [2.45, 2.75) is 19.8 Å². The molecular formula is C32H32FN7O4. The summed E-state index contributed by atoms with van der Waals surface area (Å²) in [5.41, 5.74) is 1.83. The fraction of sp³-hybridized carbons (Fsp3) is 0.219. The maximum absolute atomic E-state index is 15.3. The molecule has 12 heteroatoms. The van der Waals surface area contributed by atoms with Crippen molar-refractivity contribution in [2.75, 3.05) is 38.4 Å². The molecule has 44 heavy (non-hydrogen) atoms. The smallest absolute Gasteiger partial charge is 0.248 e. The second-order valence-electron chi connectivity index (χ2n) is 10.4. The summed E-state index contributed by atoms with van der Waals surface area (Å²) in [7, 11) is 5.32. The lowest BCUT2D eigenvalue weighted by Crippen LogP contribution is -2.13. The maximum Gasteiger partial charge on any atom is 0.248 e. The highest BCUT2D eigenvalue weighted by molar-refractivity contribution is 6.03. The average molecular weight is 598 g/mol. The first kappa shape index (κ1) is 30.1. The van der Waals surface area contributed by atoms with Crippen molar-refractivity contribution in [1.29, 1.82) is 0 Å². The number of aromatic nitrogens is 4. The first-order valence-corrected chi connectivity index (χ1v) is 13.8. The van der Waals surface area contributed by atoms with E-state index in [-0.39, 0.29) is 17.5 Å². The van der Waals surface area contributed by atoms with E-state index in [0.29, 0.717) is 63.5 Å². The number of nitrogens with zero attached hydrogens (tertiary/aromatic N) is 5. The van der Waals surface area contributed by atoms with Crippen LogP contribution in [-0.2, 0) is 4.79 Å². The fourth-order valence-corrected chi connectivity index (χ4v) is 4.20. The molecule has 5 aromatic rings. The number of benzene rings is 3. The van der Waals surface area contributed by atoms with Crippen LogP contribution in [-0.4, -0.2) is 58.7 Å². The number of fused-ring (bicyclic) bond motifs is 1. The highest BCUT2D eigenvalue weighted by atomic mass is 19.1. The summed E-state index contributed by atoms with van der Waals surface area (Å²) in [4.78, 5) is 23.1. The summed E-state index contributed by atoms with van der Waals surface area (Å²) in [6.45, 7) is 4.56. The van der Waals surface area contributed by atoms with E-state index in [4.69, 9.17) is 13.9 Å². The van der Waals surface area contributed by atoms with Crippen LogP contribution in [0, 0.1) is 5.82 Å². The molecule has 2 N–H and O–H groups in total. The summed E-state index contributed by atoms with van der Waals surface area (Å²) in [5, 5.41) is 14.6. The Kier molecular flexibility index (Phi) is 9.10. The van der Waals surface area contributed by atoms with Gasteiger partial charge in [-0.3, -0.25) is 4.79 Å². The van der Waals surface area contributed by atoms with E-state index >= 15 is 4.39 Å². The molecule has 1 amide bonds. The van der Waals surface area contributed by atoms with E-state index < -0.39 is 5.82 Å². The van der Waals surface area contributed by atoms with Crippen molar-refractivity contribution in [3.05, 3.63) is 84.8 Å². The standard InChI is InChI=1S/C32H32FN7O4/c1-19(2)31-38-39-32(44-31)20-8-6-9-21(14-20)43-22-11-12-25(24(33)15-22)37-30-23-16-27(36-29(41)10-7-13-40(3)4)28(42-5)17-26(23)34-18-35-30/h6-12,14-19H,13H2,1-5H3,(H,36,41)(H,34,35,37)/b10-7+. The molecule has 0 bridgehead atoms. The minimum absolute atomic E-state index is 0.109. The molecule has 2 heterocycles. The van der Waals surface area contributed by atoms with Crippen molar-refractivity contribution in [3.63, 3.8) is 0 Å². The molecule has 0 atom stereocenters. The van der Waals surface area contributed by atoms with Crippen LogP contribution in [0.3, 0.4) is 0 Å². The molecule has 3 aromatic carbocycles. The van der Waals surface area contributed by atoms with Gasteiger partial charge in [0.1, 0.15) is 35.2 Å². The Bertz CT molecular complexity index is 1820. The second kappa shape index (κ2) is 13.3. The number of carbonyl (C=O) groups excluding carboxylic acids is 1. The number of nitrogens with one attached hydrogen (secondary N) is 2. The number of methoxy groups -OCH3 is 1. The highest BCUT2D eigenvalue weighted by Crippen LogP contribution is 2.35. The molecule has 0 aliphatic carbocycles. The summed E-state index contributed by atoms with van der Waals surface area (Å²) in [6.07, 6.45) is 4.57. The number of rotatable bonds is 11. The van der Waals surface area contributed by atoms with Crippen molar-refractivity contribution >= 4 is 34.0 Å². The summed E-state index contributed by atoms with van der Waals surface area (Å²) < 4.78 is 32.4. The minimum atomic E-state index is -0.558. The summed E-state index contributed by atoms with van der Waals surface area (Å²) in [5.74, 6) is 1.69. The van der Waals surface area contributed by atoms with Gasteiger partial charge in [0.25, 0.3) is 0 Å². The van der Waals surface area contributed by atoms with Gasteiger partial charge in [-0.1, -0.05) is 26.0 Å². The molecule has 0 unspecified atom stereocenters. The van der Waals surface area contributed by atoms with Crippen molar-refractivity contribution in [1.82, 2.24) is 25.1 Å². The van der Waals surface area contributed by atoms with E-state index in [1.807, 2.05) is 38.9 Å². The van der Waals surface area contributed by atoms with Gasteiger partial charge < -0.3 is 29.4 Å². The Balaban J connectivity index is 1.35. The molecular weight excluding hydrogens is 565 g/mol. The highest BCUT2D eigenvalue weighted by Gasteiger charge is 2.15. The predicted molar refractivity (Wildman–Crippen MR) is 166 cm³/mol. The van der Waals surface area contributed by atoms with Gasteiger partial charge in [0, 0.05) is 41.6 Å². The van der Waals surface area contributed by atoms with Crippen molar-refractivity contribution < 1.29 is 23.1 Å². The zero-order valence-electron chi connectivity index (χ0n) is 25.0. The first-order chi connectivity index (χ1) is 21.2. The molecule has 0 saturated heterocycles. The molecule has 0 saturated carbocycles. The van der Waals surface area contributed by atoms with E-state index in [1.165, 1.54) is 25.6 Å². The topological polar surface area (TPSA) is 128 Å². The van der Waals surface area contributed by atoms with Gasteiger partial charge in [0.15, 0.2) is 0 Å². The first-order valence-electron chi connectivity index (χ1n) is 13.8. The molecule has 0 aliphatic heterocycles. The molecule has 0 spiro atoms. The number of likely N-dealkylation sites (N-methyl/N-ethyl adjacent to an activating group) is 1. The van der Waals surface area contributed by atoms with Gasteiger partial charge in [-0.15, -0.1) is 10.2 Å². The Morgan fingerprint density at radius 1 is 1.05 bits per heavy atom. The Hall–Kier alpha value is -5.36. The molecule has 226 valence electrons. The molecule has 5 rings (SSSR count). The van der Waals surface area contributed by atoms with Gasteiger partial charge in [0.2, 0.25) is 17.7 Å². The lowest BCUT2D eigenvalue weighted by atomic mass is 10.1. The Labute approximate surface area is 253 Å². The normalized spacial score (nSPS) is 11.5. The van der Waals surface area contributed by atoms with Gasteiger partial charge in [-0.05, 0) is 50.5 Å². The fourth-order valence-electron chi connectivity index (χ4n) is 4.20. The number of ether oxygens (including phenoxy) is 2. The van der Waals surface area contributed by atoms with Gasteiger partial charge in [0.05, 0.1) is 24.0 Å². The lowest BCUT2D eigenvalue weighted by molar-refractivity contribution is -0.111. The third-order valence-corrected chi connectivity index (χ3v) is 6.40. The monoisotopic (exact) mass is 597 g/mol. The van der Waals surface area contributed by atoms with E-state index in [2.05, 4.69) is 30.8 Å². The van der Waals surface area contributed by atoms with E-state index in [1.54, 1.807) is 48.5 Å². The molecule has 2 aromatic heterocycles. The zero-order valence-corrected chi connectivity index (χ0v) is 25.0. The van der Waals surface area contributed by atoms with Gasteiger partial charge in [-0.25, -0.2) is 14.4 Å². The van der Waals surface area contributed by atoms with Gasteiger partial charge >= 0.3 is 0 Å². The molecule has 11 nitrogen and oxygen atoms in total. The maximum atomic E-state index is 15.3. The van der Waals surface area contributed by atoms with Crippen LogP contribution in [0.1, 0.15) is 25.7 Å². The van der Waals surface area contributed by atoms with Crippen LogP contribution in [0.15, 0.2) is 77.5 Å². The number of amides is 1. The van der Waals surface area contributed by atoms with Crippen molar-refractivity contribution in [3.8, 4) is 28.7 Å². The predicted octanol–water partition coefficient (Wildman–Crippen LogP) is 6.54. The lowest BCUT2D eigenvalue weighted by Gasteiger charge is -2.14. The average Bonchev–Trinajstić information content (AvgIpc) is 3.50. The summed E-state index contributed by atoms with van der Waals surface area (Å²) in [6, 6.07) is 15.0. The minimum Gasteiger partial charge on any atom is -0.494 e. The van der Waals surface area contributed by atoms with Gasteiger partial charge in [-0.2, -0.15) is 0 Å². The number of carbonyl (C=O) groups is 1. The van der Waals surface area contributed by atoms with Crippen LogP contribution < -0.4 is 20.1 Å². The number of anilines is 3. The zero-order chi connectivity index (χ0) is 31.2. The van der Waals surface area contributed by atoms with Crippen LogP contribution in [0.25, 0.3) is 22.4 Å². The largest absolute Gasteiger partial charge is 0.494 e. The quantitative estimate of drug-likeness (QED) is 0.162. The number of hydrogen-bond acceptors (Lipinski definition) is 10. The Morgan fingerprint density at radius 3 is 2.59 bits per heavy atom. The van der Waals surface area contributed by atoms with Crippen LogP contribution >= 0.6 is 0 Å². The molecule has 0 fully saturated rings. The number of hydrogen-bond donors (Lipinski definition) is 2. The van der Waals surface area contributed by atoms with Crippen LogP contribution in [0.4, 0.5) is 21.6 Å². The van der Waals surface area contributed by atoms with Crippen LogP contribution in [0.5, 0.6) is 17.2 Å². The van der Waals surface area contributed by atoms with E-state index in [9.17, 15) is 4.79 Å². The third kappa shape index (κ3) is 7.16. The SMILES string of the molecule is COc1cc2ncnc(Nc3ccc(Oc4cccc(-c5nnc(C(C)C)o5)c4)cc3F)c2cc1NC(=O)/C=C/CN(C)C. The second-order valence-corrected chi connectivity index (χ2v) is 10.4. The van der Waals surface area contributed by atoms with Crippen LogP contribution in [0.2, 0.25) is 0 Å². The third-order valence-electron chi connectivity index (χ3n) is 6.40. The molecule has 0 aliphatic rings. The Morgan fingerprint density at radius 2 is 1.86 bits per heavy atom. The van der Waals surface area contributed by atoms with Crippen molar-refractivity contribution in [2.24, 2.45) is 0 Å².